The number of aliphatic hydroxyl groups excluding tert-OH is 1. The number of nitro groups is 1. The maximum Gasteiger partial charge on any atom is 0.269 e. The predicted octanol–water partition coefficient (Wildman–Crippen LogP) is 1.55. The lowest BCUT2D eigenvalue weighted by Crippen LogP contribution is -2.26. The number of hydrogen-bond donors (Lipinski definition) is 2. The highest BCUT2D eigenvalue weighted by Gasteiger charge is 2.21. The molecule has 0 spiro atoms. The lowest BCUT2D eigenvalue weighted by atomic mass is 10.1. The number of anilines is 1. The van der Waals surface area contributed by atoms with E-state index in [1.165, 1.54) is 12.1 Å². The highest BCUT2D eigenvalue weighted by Crippen LogP contribution is 2.21. The second kappa shape index (κ2) is 7.33. The fourth-order valence-corrected chi connectivity index (χ4v) is 2.64. The molecule has 1 heterocycles. The van der Waals surface area contributed by atoms with E-state index in [0.29, 0.717) is 30.1 Å². The molecule has 0 radical (unpaired) electrons. The Morgan fingerprint density at radius 3 is 2.91 bits per heavy atom. The van der Waals surface area contributed by atoms with Gasteiger partial charge in [-0.15, -0.1) is 0 Å². The van der Waals surface area contributed by atoms with Crippen LogP contribution in [0.1, 0.15) is 18.4 Å². The minimum atomic E-state index is -0.455. The summed E-state index contributed by atoms with van der Waals surface area (Å²) in [6, 6.07) is 4.39. The van der Waals surface area contributed by atoms with Gasteiger partial charge in [0, 0.05) is 43.9 Å². The van der Waals surface area contributed by atoms with Crippen molar-refractivity contribution in [2.75, 3.05) is 31.6 Å². The number of likely N-dealkylation sites (tertiary alicyclic amines) is 1. The first-order chi connectivity index (χ1) is 10.5. The maximum absolute atomic E-state index is 12.0. The highest BCUT2D eigenvalue weighted by molar-refractivity contribution is 5.91. The number of carbonyl (C=O) groups is 1. The number of non-ortho nitro benzene ring substituents is 1. The molecule has 2 rings (SSSR count). The van der Waals surface area contributed by atoms with Crippen LogP contribution in [0.15, 0.2) is 18.2 Å². The molecule has 0 aliphatic carbocycles. The van der Waals surface area contributed by atoms with Gasteiger partial charge in [0.2, 0.25) is 5.91 Å². The molecule has 0 saturated carbocycles. The number of rotatable bonds is 6. The average molecular weight is 307 g/mol. The van der Waals surface area contributed by atoms with Gasteiger partial charge in [0.1, 0.15) is 0 Å². The summed E-state index contributed by atoms with van der Waals surface area (Å²) >= 11 is 0. The minimum absolute atomic E-state index is 0.0163. The molecule has 1 atom stereocenters. The van der Waals surface area contributed by atoms with Gasteiger partial charge >= 0.3 is 0 Å². The quantitative estimate of drug-likeness (QED) is 0.614. The van der Waals surface area contributed by atoms with Crippen LogP contribution in [0.3, 0.4) is 0 Å². The summed E-state index contributed by atoms with van der Waals surface area (Å²) in [5.41, 5.74) is 1.29. The number of benzene rings is 1. The van der Waals surface area contributed by atoms with Gasteiger partial charge in [0.25, 0.3) is 5.69 Å². The molecule has 1 unspecified atom stereocenters. The normalized spacial score (nSPS) is 18.4. The number of aliphatic hydroxyl groups is 1. The van der Waals surface area contributed by atoms with Crippen LogP contribution in [0, 0.1) is 23.0 Å². The molecule has 120 valence electrons. The lowest BCUT2D eigenvalue weighted by molar-refractivity contribution is -0.384. The molecule has 1 fully saturated rings. The van der Waals surface area contributed by atoms with Gasteiger partial charge in [0.05, 0.1) is 4.92 Å². The molecule has 1 aliphatic heterocycles. The van der Waals surface area contributed by atoms with E-state index in [0.717, 1.165) is 19.5 Å². The van der Waals surface area contributed by atoms with Crippen LogP contribution in [0.25, 0.3) is 0 Å². The van der Waals surface area contributed by atoms with E-state index < -0.39 is 4.92 Å². The van der Waals surface area contributed by atoms with Gasteiger partial charge in [-0.2, -0.15) is 0 Å². The molecule has 1 aromatic rings. The lowest BCUT2D eigenvalue weighted by Gasteiger charge is -2.15. The Bertz CT molecular complexity index is 562. The van der Waals surface area contributed by atoms with Gasteiger partial charge in [0.15, 0.2) is 0 Å². The molecular formula is C15H21N3O4. The topological polar surface area (TPSA) is 95.7 Å². The predicted molar refractivity (Wildman–Crippen MR) is 82.7 cm³/mol. The van der Waals surface area contributed by atoms with E-state index in [1.54, 1.807) is 13.0 Å². The SMILES string of the molecule is Cc1cc([N+](=O)[O-])ccc1NC(=O)CCN1CCC(CO)C1. The van der Waals surface area contributed by atoms with E-state index in [-0.39, 0.29) is 18.2 Å². The van der Waals surface area contributed by atoms with Crippen molar-refractivity contribution in [2.45, 2.75) is 19.8 Å². The first kappa shape index (κ1) is 16.4. The van der Waals surface area contributed by atoms with E-state index in [2.05, 4.69) is 10.2 Å². The summed E-state index contributed by atoms with van der Waals surface area (Å²) in [5.74, 6) is 0.212. The molecule has 0 aromatic heterocycles. The van der Waals surface area contributed by atoms with E-state index in [1.807, 2.05) is 0 Å². The summed E-state index contributed by atoms with van der Waals surface area (Å²) in [6.45, 7) is 4.34. The summed E-state index contributed by atoms with van der Waals surface area (Å²) in [4.78, 5) is 24.4. The van der Waals surface area contributed by atoms with Crippen LogP contribution in [0.4, 0.5) is 11.4 Å². The Morgan fingerprint density at radius 1 is 1.55 bits per heavy atom. The van der Waals surface area contributed by atoms with E-state index in [9.17, 15) is 14.9 Å². The second-order valence-corrected chi connectivity index (χ2v) is 5.69. The van der Waals surface area contributed by atoms with Crippen LogP contribution >= 0.6 is 0 Å². The second-order valence-electron chi connectivity index (χ2n) is 5.69. The Hall–Kier alpha value is -1.99. The van der Waals surface area contributed by atoms with E-state index in [4.69, 9.17) is 5.11 Å². The van der Waals surface area contributed by atoms with Crippen molar-refractivity contribution in [2.24, 2.45) is 5.92 Å². The van der Waals surface area contributed by atoms with Crippen molar-refractivity contribution in [3.8, 4) is 0 Å². The Morgan fingerprint density at radius 2 is 2.32 bits per heavy atom. The molecule has 2 N–H and O–H groups in total. The Kier molecular flexibility index (Phi) is 5.46. The fraction of sp³-hybridized carbons (Fsp3) is 0.533. The van der Waals surface area contributed by atoms with Crippen LogP contribution in [-0.4, -0.2) is 47.1 Å². The van der Waals surface area contributed by atoms with Crippen molar-refractivity contribution in [1.82, 2.24) is 4.90 Å². The highest BCUT2D eigenvalue weighted by atomic mass is 16.6. The van der Waals surface area contributed by atoms with Crippen LogP contribution in [0.2, 0.25) is 0 Å². The van der Waals surface area contributed by atoms with Crippen molar-refractivity contribution < 1.29 is 14.8 Å². The standard InChI is InChI=1S/C15H21N3O4/c1-11-8-13(18(21)22)2-3-14(11)16-15(20)5-7-17-6-4-12(9-17)10-19/h2-3,8,12,19H,4-7,9-10H2,1H3,(H,16,20). The molecule has 7 heteroatoms. The summed E-state index contributed by atoms with van der Waals surface area (Å²) < 4.78 is 0. The molecule has 1 saturated heterocycles. The zero-order valence-corrected chi connectivity index (χ0v) is 12.6. The number of amides is 1. The van der Waals surface area contributed by atoms with E-state index >= 15 is 0 Å². The fourth-order valence-electron chi connectivity index (χ4n) is 2.64. The van der Waals surface area contributed by atoms with Gasteiger partial charge in [-0.25, -0.2) is 0 Å². The molecule has 7 nitrogen and oxygen atoms in total. The third-order valence-electron chi connectivity index (χ3n) is 3.98. The van der Waals surface area contributed by atoms with Crippen molar-refractivity contribution >= 4 is 17.3 Å². The number of nitrogens with zero attached hydrogens (tertiary/aromatic N) is 2. The van der Waals surface area contributed by atoms with Crippen molar-refractivity contribution in [1.29, 1.82) is 0 Å². The first-order valence-corrected chi connectivity index (χ1v) is 7.37. The Labute approximate surface area is 129 Å². The zero-order valence-electron chi connectivity index (χ0n) is 12.6. The monoisotopic (exact) mass is 307 g/mol. The van der Waals surface area contributed by atoms with Crippen LogP contribution in [0.5, 0.6) is 0 Å². The van der Waals surface area contributed by atoms with Crippen molar-refractivity contribution in [3.63, 3.8) is 0 Å². The van der Waals surface area contributed by atoms with Crippen LogP contribution in [-0.2, 0) is 4.79 Å². The first-order valence-electron chi connectivity index (χ1n) is 7.37. The summed E-state index contributed by atoms with van der Waals surface area (Å²) in [6.07, 6.45) is 1.34. The summed E-state index contributed by atoms with van der Waals surface area (Å²) in [5, 5.41) is 22.6. The zero-order chi connectivity index (χ0) is 16.1. The minimum Gasteiger partial charge on any atom is -0.396 e. The molecule has 1 amide bonds. The summed E-state index contributed by atoms with van der Waals surface area (Å²) in [7, 11) is 0. The van der Waals surface area contributed by atoms with Crippen LogP contribution < -0.4 is 5.32 Å². The third-order valence-corrected chi connectivity index (χ3v) is 3.98. The Balaban J connectivity index is 1.83. The molecule has 22 heavy (non-hydrogen) atoms. The largest absolute Gasteiger partial charge is 0.396 e. The number of nitrogens with one attached hydrogen (secondary N) is 1. The third kappa shape index (κ3) is 4.25. The molecule has 1 aliphatic rings. The van der Waals surface area contributed by atoms with Gasteiger partial charge in [-0.1, -0.05) is 0 Å². The smallest absolute Gasteiger partial charge is 0.269 e. The number of hydrogen-bond acceptors (Lipinski definition) is 5. The molecule has 0 bridgehead atoms. The van der Waals surface area contributed by atoms with Gasteiger partial charge in [-0.05, 0) is 37.4 Å². The number of aryl methyl sites for hydroxylation is 1. The molecular weight excluding hydrogens is 286 g/mol. The average Bonchev–Trinajstić information content (AvgIpc) is 2.95. The molecule has 1 aromatic carbocycles. The maximum atomic E-state index is 12.0. The van der Waals surface area contributed by atoms with Crippen molar-refractivity contribution in [3.05, 3.63) is 33.9 Å². The number of carbonyl (C=O) groups excluding carboxylic acids is 1. The van der Waals surface area contributed by atoms with Gasteiger partial charge < -0.3 is 15.3 Å². The van der Waals surface area contributed by atoms with Gasteiger partial charge in [-0.3, -0.25) is 14.9 Å². The number of nitro benzene ring substituents is 1.